The first-order valence-corrected chi connectivity index (χ1v) is 6.33. The molecule has 0 atom stereocenters. The molecular weight excluding hydrogens is 258 g/mol. The highest BCUT2D eigenvalue weighted by Gasteiger charge is 2.15. The minimum absolute atomic E-state index is 0.0197. The molecule has 2 rings (SSSR count). The number of carbonyl (C=O) groups excluding carboxylic acids is 1. The largest absolute Gasteiger partial charge is 0.478 e. The molecule has 0 radical (unpaired) electrons. The van der Waals surface area contributed by atoms with Gasteiger partial charge in [-0.3, -0.25) is 4.79 Å². The monoisotopic (exact) mass is 273 g/mol. The average Bonchev–Trinajstić information content (AvgIpc) is 2.91. The fourth-order valence-electron chi connectivity index (χ4n) is 1.88. The average molecular weight is 273 g/mol. The van der Waals surface area contributed by atoms with Crippen molar-refractivity contribution in [2.75, 3.05) is 5.32 Å². The lowest BCUT2D eigenvalue weighted by atomic mass is 10.1. The number of hydrogen-bond donors (Lipinski definition) is 2. The Morgan fingerprint density at radius 1 is 1.30 bits per heavy atom. The van der Waals surface area contributed by atoms with Crippen molar-refractivity contribution in [3.8, 4) is 0 Å². The van der Waals surface area contributed by atoms with Crippen LogP contribution < -0.4 is 5.32 Å². The van der Waals surface area contributed by atoms with Gasteiger partial charge in [-0.15, -0.1) is 0 Å². The van der Waals surface area contributed by atoms with Crippen LogP contribution in [-0.2, 0) is 6.42 Å². The molecule has 2 N–H and O–H groups in total. The third-order valence-corrected chi connectivity index (χ3v) is 2.86. The van der Waals surface area contributed by atoms with E-state index >= 15 is 0 Å². The van der Waals surface area contributed by atoms with E-state index in [1.807, 2.05) is 24.3 Å². The van der Waals surface area contributed by atoms with Crippen molar-refractivity contribution < 1.29 is 19.1 Å². The Bertz CT molecular complexity index is 630. The Kier molecular flexibility index (Phi) is 4.20. The van der Waals surface area contributed by atoms with Crippen LogP contribution in [0.4, 0.5) is 5.69 Å². The van der Waals surface area contributed by atoms with Gasteiger partial charge in [0, 0.05) is 11.8 Å². The number of aromatic carboxylic acids is 1. The Labute approximate surface area is 116 Å². The summed E-state index contributed by atoms with van der Waals surface area (Å²) in [5.74, 6) is -1.60. The fraction of sp³-hybridized carbons (Fsp3) is 0.200. The standard InChI is InChI=1S/C15H15NO4/c1-2-5-10-6-3-4-7-12(10)16-14(17)13-8-11(9-20-13)15(18)19/h3-4,6-9H,2,5H2,1H3,(H,16,17)(H,18,19). The van der Waals surface area contributed by atoms with Gasteiger partial charge in [-0.2, -0.15) is 0 Å². The third kappa shape index (κ3) is 3.06. The fourth-order valence-corrected chi connectivity index (χ4v) is 1.88. The van der Waals surface area contributed by atoms with Crippen molar-refractivity contribution in [3.63, 3.8) is 0 Å². The zero-order valence-electron chi connectivity index (χ0n) is 11.1. The summed E-state index contributed by atoms with van der Waals surface area (Å²) in [6.45, 7) is 2.06. The van der Waals surface area contributed by atoms with Crippen molar-refractivity contribution in [3.05, 3.63) is 53.5 Å². The molecule has 0 aliphatic heterocycles. The van der Waals surface area contributed by atoms with Crippen molar-refractivity contribution in [2.45, 2.75) is 19.8 Å². The van der Waals surface area contributed by atoms with E-state index < -0.39 is 11.9 Å². The molecule has 0 aliphatic carbocycles. The molecule has 0 saturated heterocycles. The first-order valence-electron chi connectivity index (χ1n) is 6.33. The molecule has 1 aromatic heterocycles. The van der Waals surface area contributed by atoms with Gasteiger partial charge in [-0.05, 0) is 18.1 Å². The maximum atomic E-state index is 12.0. The molecule has 2 aromatic rings. The Morgan fingerprint density at radius 2 is 2.05 bits per heavy atom. The van der Waals surface area contributed by atoms with Gasteiger partial charge in [0.05, 0.1) is 5.56 Å². The summed E-state index contributed by atoms with van der Waals surface area (Å²) in [5, 5.41) is 11.5. The number of carboxylic acid groups (broad SMARTS) is 1. The summed E-state index contributed by atoms with van der Waals surface area (Å²) in [5.41, 5.74) is 1.71. The van der Waals surface area contributed by atoms with Gasteiger partial charge < -0.3 is 14.8 Å². The molecule has 0 saturated carbocycles. The number of rotatable bonds is 5. The molecule has 5 nitrogen and oxygen atoms in total. The van der Waals surface area contributed by atoms with Crippen LogP contribution in [0, 0.1) is 0 Å². The number of aryl methyl sites for hydroxylation is 1. The highest BCUT2D eigenvalue weighted by atomic mass is 16.4. The number of carboxylic acids is 1. The van der Waals surface area contributed by atoms with Gasteiger partial charge in [0.1, 0.15) is 6.26 Å². The van der Waals surface area contributed by atoms with Crippen LogP contribution >= 0.6 is 0 Å². The number of furan rings is 1. The summed E-state index contributed by atoms with van der Waals surface area (Å²) >= 11 is 0. The normalized spacial score (nSPS) is 10.2. The zero-order chi connectivity index (χ0) is 14.5. The highest BCUT2D eigenvalue weighted by molar-refractivity contribution is 6.04. The van der Waals surface area contributed by atoms with Crippen molar-refractivity contribution in [1.29, 1.82) is 0 Å². The van der Waals surface area contributed by atoms with Gasteiger partial charge in [-0.1, -0.05) is 31.5 Å². The SMILES string of the molecule is CCCc1ccccc1NC(=O)c1cc(C(=O)O)co1. The molecule has 20 heavy (non-hydrogen) atoms. The molecule has 1 aromatic carbocycles. The summed E-state index contributed by atoms with van der Waals surface area (Å²) in [4.78, 5) is 22.8. The van der Waals surface area contributed by atoms with E-state index in [0.717, 1.165) is 24.7 Å². The number of carbonyl (C=O) groups is 2. The van der Waals surface area contributed by atoms with Gasteiger partial charge in [0.2, 0.25) is 0 Å². The summed E-state index contributed by atoms with van der Waals surface area (Å²) in [6.07, 6.45) is 2.88. The molecule has 0 unspecified atom stereocenters. The Balaban J connectivity index is 2.16. The van der Waals surface area contributed by atoms with Crippen LogP contribution in [0.1, 0.15) is 39.8 Å². The summed E-state index contributed by atoms with van der Waals surface area (Å²) < 4.78 is 4.97. The Hall–Kier alpha value is -2.56. The quantitative estimate of drug-likeness (QED) is 0.876. The van der Waals surface area contributed by atoms with E-state index in [2.05, 4.69) is 12.2 Å². The first kappa shape index (κ1) is 13.9. The van der Waals surface area contributed by atoms with Gasteiger partial charge in [0.25, 0.3) is 5.91 Å². The maximum Gasteiger partial charge on any atom is 0.338 e. The second-order valence-electron chi connectivity index (χ2n) is 4.37. The molecule has 5 heteroatoms. The Morgan fingerprint density at radius 3 is 2.70 bits per heavy atom. The topological polar surface area (TPSA) is 79.5 Å². The zero-order valence-corrected chi connectivity index (χ0v) is 11.1. The van der Waals surface area contributed by atoms with Crippen molar-refractivity contribution in [1.82, 2.24) is 0 Å². The second kappa shape index (κ2) is 6.06. The molecule has 0 aliphatic rings. The predicted molar refractivity (Wildman–Crippen MR) is 74.1 cm³/mol. The lowest BCUT2D eigenvalue weighted by molar-refractivity contribution is 0.0696. The van der Waals surface area contributed by atoms with Crippen LogP contribution in [0.15, 0.2) is 41.0 Å². The van der Waals surface area contributed by atoms with E-state index in [-0.39, 0.29) is 11.3 Å². The van der Waals surface area contributed by atoms with Gasteiger partial charge in [0.15, 0.2) is 5.76 Å². The molecule has 1 amide bonds. The van der Waals surface area contributed by atoms with E-state index in [1.165, 1.54) is 6.07 Å². The minimum atomic E-state index is -1.13. The molecule has 0 bridgehead atoms. The van der Waals surface area contributed by atoms with E-state index in [1.54, 1.807) is 0 Å². The van der Waals surface area contributed by atoms with E-state index in [4.69, 9.17) is 9.52 Å². The molecule has 1 heterocycles. The summed E-state index contributed by atoms with van der Waals surface area (Å²) in [6, 6.07) is 8.71. The van der Waals surface area contributed by atoms with Crippen LogP contribution in [-0.4, -0.2) is 17.0 Å². The first-order chi connectivity index (χ1) is 9.61. The lowest BCUT2D eigenvalue weighted by Crippen LogP contribution is -2.12. The van der Waals surface area contributed by atoms with Crippen LogP contribution in [0.5, 0.6) is 0 Å². The minimum Gasteiger partial charge on any atom is -0.478 e. The number of anilines is 1. The second-order valence-corrected chi connectivity index (χ2v) is 4.37. The predicted octanol–water partition coefficient (Wildman–Crippen LogP) is 3.18. The highest BCUT2D eigenvalue weighted by Crippen LogP contribution is 2.18. The van der Waals surface area contributed by atoms with Crippen LogP contribution in [0.2, 0.25) is 0 Å². The van der Waals surface area contributed by atoms with E-state index in [9.17, 15) is 9.59 Å². The summed E-state index contributed by atoms with van der Waals surface area (Å²) in [7, 11) is 0. The van der Waals surface area contributed by atoms with Gasteiger partial charge in [-0.25, -0.2) is 4.79 Å². The lowest BCUT2D eigenvalue weighted by Gasteiger charge is -2.09. The number of benzene rings is 1. The van der Waals surface area contributed by atoms with Crippen molar-refractivity contribution in [2.24, 2.45) is 0 Å². The van der Waals surface area contributed by atoms with Crippen LogP contribution in [0.3, 0.4) is 0 Å². The molecule has 0 spiro atoms. The van der Waals surface area contributed by atoms with Crippen molar-refractivity contribution >= 4 is 17.6 Å². The number of hydrogen-bond acceptors (Lipinski definition) is 3. The van der Waals surface area contributed by atoms with Crippen LogP contribution in [0.25, 0.3) is 0 Å². The molecular formula is C15H15NO4. The van der Waals surface area contributed by atoms with E-state index in [0.29, 0.717) is 5.69 Å². The number of para-hydroxylation sites is 1. The number of amides is 1. The molecule has 104 valence electrons. The number of nitrogens with one attached hydrogen (secondary N) is 1. The molecule has 0 fully saturated rings. The smallest absolute Gasteiger partial charge is 0.338 e. The maximum absolute atomic E-state index is 12.0. The van der Waals surface area contributed by atoms with Gasteiger partial charge >= 0.3 is 5.97 Å². The third-order valence-electron chi connectivity index (χ3n) is 2.86.